The second-order valence-corrected chi connectivity index (χ2v) is 2.85. The molecule has 1 aromatic heterocycles. The normalized spacial score (nSPS) is 12.4. The fourth-order valence-corrected chi connectivity index (χ4v) is 1.23. The molecule has 0 saturated heterocycles. The molecule has 1 aromatic rings. The van der Waals surface area contributed by atoms with Crippen LogP contribution in [0.1, 0.15) is 18.4 Å². The lowest BCUT2D eigenvalue weighted by Crippen LogP contribution is -1.98. The van der Waals surface area contributed by atoms with Crippen molar-refractivity contribution in [3.05, 3.63) is 5.56 Å². The van der Waals surface area contributed by atoms with Crippen molar-refractivity contribution in [3.8, 4) is 17.6 Å². The Balaban J connectivity index is 1.95. The molecular weight excluding hydrogens is 158 g/mol. The highest BCUT2D eigenvalue weighted by molar-refractivity contribution is 5.57. The van der Waals surface area contributed by atoms with Gasteiger partial charge in [0, 0.05) is 0 Å². The van der Waals surface area contributed by atoms with E-state index < -0.39 is 0 Å². The van der Waals surface area contributed by atoms with Gasteiger partial charge in [0.05, 0.1) is 5.56 Å². The maximum absolute atomic E-state index is 9.19. The summed E-state index contributed by atoms with van der Waals surface area (Å²) in [4.78, 5) is 0. The number of hydrogen-bond acceptors (Lipinski definition) is 4. The highest BCUT2D eigenvalue weighted by Gasteiger charge is 2.34. The largest absolute Gasteiger partial charge is 0.480 e. The van der Waals surface area contributed by atoms with Gasteiger partial charge in [-0.15, -0.1) is 0 Å². The van der Waals surface area contributed by atoms with Gasteiger partial charge in [0.15, 0.2) is 0 Å². The van der Waals surface area contributed by atoms with Crippen molar-refractivity contribution in [1.29, 1.82) is 0 Å². The highest BCUT2D eigenvalue weighted by Crippen LogP contribution is 2.55. The van der Waals surface area contributed by atoms with E-state index in [1.165, 1.54) is 0 Å². The molecule has 0 spiro atoms. The molecule has 0 aromatic carbocycles. The van der Waals surface area contributed by atoms with Crippen LogP contribution in [0.2, 0.25) is 0 Å². The number of fused-ring (bicyclic) bond motifs is 1. The minimum Gasteiger partial charge on any atom is -0.480 e. The van der Waals surface area contributed by atoms with Crippen LogP contribution in [0.15, 0.2) is 4.42 Å². The Labute approximate surface area is 69.9 Å². The molecule has 0 aliphatic carbocycles. The van der Waals surface area contributed by atoms with Gasteiger partial charge in [0.1, 0.15) is 0 Å². The molecule has 0 unspecified atom stereocenters. The topological polar surface area (TPSA) is 71.9 Å². The Morgan fingerprint density at radius 1 is 1.33 bits per heavy atom. The van der Waals surface area contributed by atoms with Crippen molar-refractivity contribution in [2.75, 3.05) is 6.54 Å². The summed E-state index contributed by atoms with van der Waals surface area (Å²) in [5, 5.41) is 9.19. The minimum absolute atomic E-state index is 0.00303. The van der Waals surface area contributed by atoms with Gasteiger partial charge >= 0.3 is 5.95 Å². The molecule has 3 N–H and O–H groups in total. The standard InChI is InChI=1S/C8H11NO3/c9-4-2-1-3-5-6-8(11-6)12-7(5)10/h10H,1-4,9H2. The number of nitrogens with two attached hydrogens (primary N) is 1. The Kier molecular flexibility index (Phi) is 1.69. The molecule has 12 heavy (non-hydrogen) atoms. The zero-order valence-electron chi connectivity index (χ0n) is 6.67. The summed E-state index contributed by atoms with van der Waals surface area (Å²) < 4.78 is 9.77. The van der Waals surface area contributed by atoms with Crippen LogP contribution in [-0.4, -0.2) is 11.7 Å². The Hall–Kier alpha value is -1.16. The van der Waals surface area contributed by atoms with Crippen molar-refractivity contribution in [1.82, 2.24) is 0 Å². The number of aromatic hydroxyl groups is 1. The summed E-state index contributed by atoms with van der Waals surface area (Å²) in [5.41, 5.74) is 6.13. The monoisotopic (exact) mass is 169 g/mol. The minimum atomic E-state index is 0.00303. The molecule has 2 rings (SSSR count). The maximum Gasteiger partial charge on any atom is 0.338 e. The fourth-order valence-electron chi connectivity index (χ4n) is 1.23. The second kappa shape index (κ2) is 2.71. The zero-order valence-corrected chi connectivity index (χ0v) is 6.67. The third-order valence-corrected chi connectivity index (χ3v) is 1.94. The van der Waals surface area contributed by atoms with Gasteiger partial charge in [-0.05, 0) is 25.8 Å². The molecule has 0 radical (unpaired) electrons. The van der Waals surface area contributed by atoms with E-state index in [4.69, 9.17) is 14.9 Å². The van der Waals surface area contributed by atoms with E-state index in [-0.39, 0.29) is 5.95 Å². The summed E-state index contributed by atoms with van der Waals surface area (Å²) in [6.45, 7) is 0.682. The Morgan fingerprint density at radius 2 is 2.17 bits per heavy atom. The maximum atomic E-state index is 9.19. The van der Waals surface area contributed by atoms with Gasteiger partial charge in [0.2, 0.25) is 5.75 Å². The molecule has 0 fully saturated rings. The Bertz CT molecular complexity index is 289. The van der Waals surface area contributed by atoms with Gasteiger partial charge in [-0.2, -0.15) is 0 Å². The molecular formula is C8H11NO3. The summed E-state index contributed by atoms with van der Waals surface area (Å²) in [7, 11) is 0. The van der Waals surface area contributed by atoms with E-state index in [1.54, 1.807) is 0 Å². The van der Waals surface area contributed by atoms with Crippen LogP contribution >= 0.6 is 0 Å². The van der Waals surface area contributed by atoms with E-state index in [9.17, 15) is 5.11 Å². The molecule has 2 heterocycles. The lowest BCUT2D eigenvalue weighted by atomic mass is 10.1. The first-order chi connectivity index (χ1) is 5.83. The summed E-state index contributed by atoms with van der Waals surface area (Å²) >= 11 is 0. The van der Waals surface area contributed by atoms with Gasteiger partial charge in [-0.1, -0.05) is 0 Å². The molecule has 4 nitrogen and oxygen atoms in total. The summed E-state index contributed by atoms with van der Waals surface area (Å²) in [6, 6.07) is 0. The molecule has 4 heteroatoms. The van der Waals surface area contributed by atoms with Gasteiger partial charge in [0.25, 0.3) is 5.95 Å². The van der Waals surface area contributed by atoms with Crippen molar-refractivity contribution in [2.24, 2.45) is 5.73 Å². The smallest absolute Gasteiger partial charge is 0.338 e. The van der Waals surface area contributed by atoms with Gasteiger partial charge < -0.3 is 20.0 Å². The number of ether oxygens (including phenoxy) is 1. The molecule has 1 aliphatic rings. The number of rotatable bonds is 4. The van der Waals surface area contributed by atoms with Crippen LogP contribution in [0, 0.1) is 0 Å². The van der Waals surface area contributed by atoms with Crippen LogP contribution in [0.25, 0.3) is 0 Å². The van der Waals surface area contributed by atoms with Gasteiger partial charge in [-0.3, -0.25) is 0 Å². The molecule has 1 aliphatic heterocycles. The highest BCUT2D eigenvalue weighted by atomic mass is 16.7. The Morgan fingerprint density at radius 3 is 2.75 bits per heavy atom. The SMILES string of the molecule is NCCCCc1c(O)oc2c1O2. The lowest BCUT2D eigenvalue weighted by molar-refractivity contribution is 0.298. The fraction of sp³-hybridized carbons (Fsp3) is 0.500. The molecule has 0 amide bonds. The average molecular weight is 169 g/mol. The van der Waals surface area contributed by atoms with E-state index in [0.717, 1.165) is 30.6 Å². The quantitative estimate of drug-likeness (QED) is 0.535. The summed E-state index contributed by atoms with van der Waals surface area (Å²) in [6.07, 6.45) is 2.70. The average Bonchev–Trinajstić information content (AvgIpc) is 2.72. The molecule has 0 atom stereocenters. The van der Waals surface area contributed by atoms with Crippen LogP contribution in [0.3, 0.4) is 0 Å². The first-order valence-corrected chi connectivity index (χ1v) is 4.05. The molecule has 0 bridgehead atoms. The first-order valence-electron chi connectivity index (χ1n) is 4.05. The lowest BCUT2D eigenvalue weighted by Gasteiger charge is -1.96. The van der Waals surface area contributed by atoms with Crippen molar-refractivity contribution >= 4 is 0 Å². The second-order valence-electron chi connectivity index (χ2n) is 2.85. The first kappa shape index (κ1) is 7.49. The van der Waals surface area contributed by atoms with Gasteiger partial charge in [-0.25, -0.2) is 0 Å². The van der Waals surface area contributed by atoms with Crippen molar-refractivity contribution in [2.45, 2.75) is 19.3 Å². The molecule has 66 valence electrons. The predicted octanol–water partition coefficient (Wildman–Crippen LogP) is 1.37. The number of hydrogen-bond donors (Lipinski definition) is 2. The van der Waals surface area contributed by atoms with Crippen molar-refractivity contribution in [3.63, 3.8) is 0 Å². The third-order valence-electron chi connectivity index (χ3n) is 1.94. The van der Waals surface area contributed by atoms with E-state index in [1.807, 2.05) is 0 Å². The predicted molar refractivity (Wildman–Crippen MR) is 42.4 cm³/mol. The van der Waals surface area contributed by atoms with Crippen molar-refractivity contribution < 1.29 is 14.3 Å². The third kappa shape index (κ3) is 1.14. The van der Waals surface area contributed by atoms with Crippen LogP contribution in [-0.2, 0) is 6.42 Å². The summed E-state index contributed by atoms with van der Waals surface area (Å²) in [5.74, 6) is 1.20. The van der Waals surface area contributed by atoms with E-state index in [2.05, 4.69) is 0 Å². The van der Waals surface area contributed by atoms with E-state index >= 15 is 0 Å². The van der Waals surface area contributed by atoms with Crippen LogP contribution in [0.4, 0.5) is 0 Å². The van der Waals surface area contributed by atoms with Crippen LogP contribution in [0.5, 0.6) is 17.6 Å². The van der Waals surface area contributed by atoms with E-state index in [0.29, 0.717) is 12.5 Å². The number of unbranched alkanes of at least 4 members (excludes halogenated alkanes) is 1. The van der Waals surface area contributed by atoms with Crippen LogP contribution < -0.4 is 10.5 Å². The molecule has 0 saturated carbocycles. The number of furan rings is 1. The zero-order chi connectivity index (χ0) is 8.55.